The average Bonchev–Trinajstić information content (AvgIpc) is 1.59. The summed E-state index contributed by atoms with van der Waals surface area (Å²) in [5.74, 6) is 0. The Hall–Kier alpha value is 0.0984. The van der Waals surface area contributed by atoms with E-state index in [1.165, 1.54) is 0 Å². The van der Waals surface area contributed by atoms with Gasteiger partial charge in [0.1, 0.15) is 0 Å². The van der Waals surface area contributed by atoms with Crippen LogP contribution >= 0.6 is 0 Å². The Morgan fingerprint density at radius 1 is 0.800 bits per heavy atom. The van der Waals surface area contributed by atoms with E-state index in [4.69, 9.17) is 0 Å². The first-order valence-corrected chi connectivity index (χ1v) is 4.80. The van der Waals surface area contributed by atoms with Gasteiger partial charge in [-0.2, -0.15) is 0 Å². The Labute approximate surface area is 56.7 Å². The van der Waals surface area contributed by atoms with Crippen molar-refractivity contribution in [1.82, 2.24) is 0 Å². The number of hydrogen-bond donors (Lipinski definition) is 1. The van der Waals surface area contributed by atoms with E-state index in [0.717, 1.165) is 0 Å². The molecule has 0 spiro atoms. The molecule has 0 aliphatic heterocycles. The van der Waals surface area contributed by atoms with E-state index in [9.17, 15) is 26.3 Å². The predicted octanol–water partition coefficient (Wildman–Crippen LogP) is 1.14. The molecule has 0 rings (SSSR count). The SMILES string of the molecule is N[As](C(F)(F)F)C(F)(F)F. The molecular formula is C2H2AsF6N. The third-order valence-corrected chi connectivity index (χ3v) is 2.84. The summed E-state index contributed by atoms with van der Waals surface area (Å²) in [6.07, 6.45) is 0. The van der Waals surface area contributed by atoms with Gasteiger partial charge in [-0.25, -0.2) is 0 Å². The molecule has 62 valence electrons. The molecule has 0 atom stereocenters. The van der Waals surface area contributed by atoms with Crippen LogP contribution in [0.5, 0.6) is 0 Å². The quantitative estimate of drug-likeness (QED) is 0.489. The molecular weight excluding hydrogens is 227 g/mol. The van der Waals surface area contributed by atoms with Crippen LogP contribution in [-0.2, 0) is 0 Å². The molecule has 1 nitrogen and oxygen atoms in total. The molecule has 0 aromatic carbocycles. The molecule has 0 saturated heterocycles. The van der Waals surface area contributed by atoms with E-state index in [1.807, 2.05) is 0 Å². The first-order chi connectivity index (χ1) is 4.15. The van der Waals surface area contributed by atoms with Crippen LogP contribution in [0.1, 0.15) is 0 Å². The molecule has 0 unspecified atom stereocenters. The van der Waals surface area contributed by atoms with Crippen molar-refractivity contribution in [2.75, 3.05) is 0 Å². The van der Waals surface area contributed by atoms with Crippen LogP contribution in [-0.4, -0.2) is 24.8 Å². The fraction of sp³-hybridized carbons (Fsp3) is 1.00. The van der Waals surface area contributed by atoms with Gasteiger partial charge in [0, 0.05) is 0 Å². The maximum absolute atomic E-state index is 11.2. The second-order valence-corrected chi connectivity index (χ2v) is 4.99. The van der Waals surface area contributed by atoms with Crippen molar-refractivity contribution in [2.45, 2.75) is 9.93 Å². The molecule has 0 heterocycles. The minimum atomic E-state index is -5.26. The standard InChI is InChI=1S/C2H2AsF6N/c4-1(5,6)3(10)2(7,8)9/h10H2. The van der Waals surface area contributed by atoms with Gasteiger partial charge in [-0.3, -0.25) is 0 Å². The fourth-order valence-corrected chi connectivity index (χ4v) is 0.747. The van der Waals surface area contributed by atoms with Crippen LogP contribution in [0.15, 0.2) is 0 Å². The summed E-state index contributed by atoms with van der Waals surface area (Å²) < 4.78 is 70.9. The number of halogens is 6. The molecule has 2 N–H and O–H groups in total. The summed E-state index contributed by atoms with van der Waals surface area (Å²) in [7, 11) is 0. The van der Waals surface area contributed by atoms with Crippen molar-refractivity contribution < 1.29 is 26.3 Å². The van der Waals surface area contributed by atoms with Gasteiger partial charge in [-0.1, -0.05) is 0 Å². The fourth-order valence-electron chi connectivity index (χ4n) is 0.144. The normalized spacial score (nSPS) is 14.4. The van der Waals surface area contributed by atoms with Gasteiger partial charge in [-0.15, -0.1) is 0 Å². The van der Waals surface area contributed by atoms with Crippen molar-refractivity contribution >= 4 is 14.9 Å². The van der Waals surface area contributed by atoms with E-state index in [1.54, 1.807) is 0 Å². The molecule has 10 heavy (non-hydrogen) atoms. The summed E-state index contributed by atoms with van der Waals surface area (Å²) in [4.78, 5) is -10.5. The topological polar surface area (TPSA) is 26.0 Å². The molecule has 0 saturated carbocycles. The molecule has 0 bridgehead atoms. The molecule has 0 amide bonds. The van der Waals surface area contributed by atoms with Gasteiger partial charge in [0.15, 0.2) is 0 Å². The van der Waals surface area contributed by atoms with Crippen molar-refractivity contribution in [2.24, 2.45) is 4.65 Å². The number of nitrogens with two attached hydrogens (primary N) is 1. The van der Waals surface area contributed by atoms with Gasteiger partial charge < -0.3 is 0 Å². The van der Waals surface area contributed by atoms with E-state index in [-0.39, 0.29) is 0 Å². The van der Waals surface area contributed by atoms with Crippen LogP contribution in [0.2, 0.25) is 0 Å². The Morgan fingerprint density at radius 2 is 1.00 bits per heavy atom. The summed E-state index contributed by atoms with van der Waals surface area (Å²) >= 11 is -5.15. The zero-order chi connectivity index (χ0) is 8.58. The predicted molar refractivity (Wildman–Crippen MR) is 22.1 cm³/mol. The van der Waals surface area contributed by atoms with E-state index < -0.39 is 24.8 Å². The first-order valence-electron chi connectivity index (χ1n) is 1.84. The molecule has 0 aliphatic carbocycles. The van der Waals surface area contributed by atoms with E-state index in [0.29, 0.717) is 0 Å². The number of rotatable bonds is 0. The van der Waals surface area contributed by atoms with Crippen molar-refractivity contribution in [3.8, 4) is 0 Å². The van der Waals surface area contributed by atoms with Crippen LogP contribution in [0.4, 0.5) is 26.3 Å². The average molecular weight is 229 g/mol. The summed E-state index contributed by atoms with van der Waals surface area (Å²) in [6, 6.07) is 0. The van der Waals surface area contributed by atoms with Gasteiger partial charge in [0.05, 0.1) is 0 Å². The molecule has 0 aromatic heterocycles. The van der Waals surface area contributed by atoms with Gasteiger partial charge >= 0.3 is 55.8 Å². The monoisotopic (exact) mass is 229 g/mol. The Morgan fingerprint density at radius 3 is 1.00 bits per heavy atom. The van der Waals surface area contributed by atoms with E-state index in [2.05, 4.69) is 4.65 Å². The first kappa shape index (κ1) is 10.1. The molecule has 0 aliphatic rings. The van der Waals surface area contributed by atoms with Crippen LogP contribution in [0.25, 0.3) is 0 Å². The summed E-state index contributed by atoms with van der Waals surface area (Å²) in [5, 5.41) is 0. The Balaban J connectivity index is 4.23. The third-order valence-electron chi connectivity index (χ3n) is 0.546. The number of hydrogen-bond acceptors (Lipinski definition) is 1. The molecule has 0 radical (unpaired) electrons. The second kappa shape index (κ2) is 2.62. The van der Waals surface area contributed by atoms with Gasteiger partial charge in [-0.05, 0) is 0 Å². The minimum absolute atomic E-state index is 3.92. The zero-order valence-electron chi connectivity index (χ0n) is 4.29. The van der Waals surface area contributed by atoms with Crippen molar-refractivity contribution in [3.63, 3.8) is 0 Å². The second-order valence-electron chi connectivity index (χ2n) is 1.31. The van der Waals surface area contributed by atoms with Crippen LogP contribution in [0, 0.1) is 0 Å². The van der Waals surface area contributed by atoms with Gasteiger partial charge in [0.2, 0.25) is 0 Å². The number of alkyl halides is 6. The summed E-state index contributed by atoms with van der Waals surface area (Å²) in [6.45, 7) is 0. The third kappa shape index (κ3) is 2.79. The van der Waals surface area contributed by atoms with Crippen molar-refractivity contribution in [3.05, 3.63) is 0 Å². The van der Waals surface area contributed by atoms with Gasteiger partial charge in [0.25, 0.3) is 0 Å². The molecule has 8 heteroatoms. The molecule has 0 fully saturated rings. The Bertz CT molecular complexity index is 99.9. The Kier molecular flexibility index (Phi) is 2.64. The van der Waals surface area contributed by atoms with Crippen LogP contribution in [0.3, 0.4) is 0 Å². The van der Waals surface area contributed by atoms with Crippen LogP contribution < -0.4 is 4.65 Å². The van der Waals surface area contributed by atoms with E-state index >= 15 is 0 Å². The van der Waals surface area contributed by atoms with Crippen molar-refractivity contribution in [1.29, 1.82) is 0 Å². The molecule has 0 aromatic rings. The maximum atomic E-state index is 11.2. The zero-order valence-corrected chi connectivity index (χ0v) is 6.17. The summed E-state index contributed by atoms with van der Waals surface area (Å²) in [5.41, 5.74) is 0.